The zero-order valence-electron chi connectivity index (χ0n) is 14.7. The molecule has 0 spiro atoms. The third-order valence-electron chi connectivity index (χ3n) is 5.39. The molecule has 140 valence electrons. The van der Waals surface area contributed by atoms with E-state index in [0.717, 1.165) is 12.8 Å². The first kappa shape index (κ1) is 18.4. The molecule has 8 heteroatoms. The van der Waals surface area contributed by atoms with Gasteiger partial charge in [0.2, 0.25) is 5.09 Å². The summed E-state index contributed by atoms with van der Waals surface area (Å²) in [5.74, 6) is 0.642. The Morgan fingerprint density at radius 3 is 2.64 bits per heavy atom. The summed E-state index contributed by atoms with van der Waals surface area (Å²) in [5.41, 5.74) is 0. The number of nitrogens with one attached hydrogen (secondary N) is 1. The van der Waals surface area contributed by atoms with Gasteiger partial charge in [-0.2, -0.15) is 4.31 Å². The van der Waals surface area contributed by atoms with Gasteiger partial charge < -0.3 is 14.5 Å². The molecule has 0 aromatic carbocycles. The maximum Gasteiger partial charge on any atom is 0.287 e. The minimum Gasteiger partial charge on any atom is -0.438 e. The summed E-state index contributed by atoms with van der Waals surface area (Å²) >= 11 is 0. The van der Waals surface area contributed by atoms with Crippen molar-refractivity contribution in [2.24, 2.45) is 11.8 Å². The molecular weight excluding hydrogens is 344 g/mol. The van der Waals surface area contributed by atoms with Gasteiger partial charge in [0.15, 0.2) is 5.76 Å². The van der Waals surface area contributed by atoms with Gasteiger partial charge in [-0.05, 0) is 30.4 Å². The fourth-order valence-corrected chi connectivity index (χ4v) is 4.84. The molecule has 2 heterocycles. The zero-order valence-corrected chi connectivity index (χ0v) is 15.5. The van der Waals surface area contributed by atoms with Gasteiger partial charge >= 0.3 is 0 Å². The van der Waals surface area contributed by atoms with Crippen LogP contribution in [0.25, 0.3) is 0 Å². The van der Waals surface area contributed by atoms with Crippen LogP contribution in [0.1, 0.15) is 43.7 Å². The highest BCUT2D eigenvalue weighted by Crippen LogP contribution is 2.30. The molecule has 1 saturated heterocycles. The highest BCUT2D eigenvalue weighted by atomic mass is 32.2. The predicted molar refractivity (Wildman–Crippen MR) is 91.7 cm³/mol. The molecule has 1 aromatic rings. The van der Waals surface area contributed by atoms with Gasteiger partial charge in [-0.3, -0.25) is 4.79 Å². The molecule has 25 heavy (non-hydrogen) atoms. The first-order valence-corrected chi connectivity index (χ1v) is 10.3. The number of furan rings is 1. The van der Waals surface area contributed by atoms with E-state index in [2.05, 4.69) is 19.2 Å². The van der Waals surface area contributed by atoms with Crippen molar-refractivity contribution in [2.75, 3.05) is 26.3 Å². The third-order valence-corrected chi connectivity index (χ3v) is 7.17. The smallest absolute Gasteiger partial charge is 0.287 e. The first-order valence-electron chi connectivity index (χ1n) is 8.88. The first-order chi connectivity index (χ1) is 11.9. The minimum atomic E-state index is -3.72. The SMILES string of the molecule is CC1CCCC(NC(=O)c2ccc(S(=O)(=O)N3CCOCC3)o2)C1C. The second-order valence-corrected chi connectivity index (χ2v) is 8.85. The van der Waals surface area contributed by atoms with Gasteiger partial charge in [-0.25, -0.2) is 8.42 Å². The van der Waals surface area contributed by atoms with E-state index in [1.807, 2.05) is 0 Å². The highest BCUT2D eigenvalue weighted by Gasteiger charge is 2.32. The molecule has 3 unspecified atom stereocenters. The summed E-state index contributed by atoms with van der Waals surface area (Å²) in [4.78, 5) is 12.4. The van der Waals surface area contributed by atoms with Crippen molar-refractivity contribution in [3.63, 3.8) is 0 Å². The Morgan fingerprint density at radius 2 is 1.92 bits per heavy atom. The summed E-state index contributed by atoms with van der Waals surface area (Å²) in [7, 11) is -3.72. The molecule has 2 aliphatic rings. The van der Waals surface area contributed by atoms with Crippen molar-refractivity contribution in [3.8, 4) is 0 Å². The number of nitrogens with zero attached hydrogens (tertiary/aromatic N) is 1. The van der Waals surface area contributed by atoms with Crippen LogP contribution in [0, 0.1) is 11.8 Å². The lowest BCUT2D eigenvalue weighted by Crippen LogP contribution is -2.43. The second-order valence-electron chi connectivity index (χ2n) is 6.98. The maximum atomic E-state index is 12.6. The van der Waals surface area contributed by atoms with Crippen LogP contribution in [0.2, 0.25) is 0 Å². The van der Waals surface area contributed by atoms with E-state index in [1.54, 1.807) is 0 Å². The lowest BCUT2D eigenvalue weighted by Gasteiger charge is -2.34. The number of rotatable bonds is 4. The fourth-order valence-electron chi connectivity index (χ4n) is 3.52. The Kier molecular flexibility index (Phi) is 5.50. The molecule has 1 N–H and O–H groups in total. The van der Waals surface area contributed by atoms with Crippen LogP contribution in [0.3, 0.4) is 0 Å². The van der Waals surface area contributed by atoms with Crippen LogP contribution in [-0.4, -0.2) is 51.0 Å². The Balaban J connectivity index is 1.69. The zero-order chi connectivity index (χ0) is 18.0. The van der Waals surface area contributed by atoms with E-state index in [1.165, 1.54) is 22.9 Å². The Morgan fingerprint density at radius 1 is 1.20 bits per heavy atom. The van der Waals surface area contributed by atoms with Crippen molar-refractivity contribution < 1.29 is 22.4 Å². The minimum absolute atomic E-state index is 0.0391. The van der Waals surface area contributed by atoms with E-state index in [0.29, 0.717) is 38.1 Å². The molecule has 1 aliphatic heterocycles. The second kappa shape index (κ2) is 7.47. The average molecular weight is 370 g/mol. The number of carbonyl (C=O) groups is 1. The van der Waals surface area contributed by atoms with Crippen molar-refractivity contribution in [1.29, 1.82) is 0 Å². The summed E-state index contributed by atoms with van der Waals surface area (Å²) < 4.78 is 37.0. The van der Waals surface area contributed by atoms with Crippen LogP contribution < -0.4 is 5.32 Å². The van der Waals surface area contributed by atoms with E-state index in [9.17, 15) is 13.2 Å². The van der Waals surface area contributed by atoms with Crippen molar-refractivity contribution in [1.82, 2.24) is 9.62 Å². The average Bonchev–Trinajstić information content (AvgIpc) is 3.11. The Bertz CT molecular complexity index is 708. The monoisotopic (exact) mass is 370 g/mol. The molecule has 1 amide bonds. The Hall–Kier alpha value is -1.38. The summed E-state index contributed by atoms with van der Waals surface area (Å²) in [6.07, 6.45) is 3.21. The normalized spacial score (nSPS) is 28.6. The van der Waals surface area contributed by atoms with E-state index < -0.39 is 10.0 Å². The van der Waals surface area contributed by atoms with Gasteiger partial charge in [0.1, 0.15) is 0 Å². The number of hydrogen-bond donors (Lipinski definition) is 1. The molecule has 2 fully saturated rings. The lowest BCUT2D eigenvalue weighted by molar-refractivity contribution is 0.0722. The molecule has 7 nitrogen and oxygen atoms in total. The van der Waals surface area contributed by atoms with Gasteiger partial charge in [-0.1, -0.05) is 26.7 Å². The van der Waals surface area contributed by atoms with E-state index >= 15 is 0 Å². The van der Waals surface area contributed by atoms with E-state index in [4.69, 9.17) is 9.15 Å². The van der Waals surface area contributed by atoms with Crippen molar-refractivity contribution in [2.45, 2.75) is 44.2 Å². The van der Waals surface area contributed by atoms with Gasteiger partial charge in [0.25, 0.3) is 15.9 Å². The van der Waals surface area contributed by atoms with Crippen molar-refractivity contribution in [3.05, 3.63) is 17.9 Å². The van der Waals surface area contributed by atoms with Gasteiger partial charge in [-0.15, -0.1) is 0 Å². The van der Waals surface area contributed by atoms with Gasteiger partial charge in [0, 0.05) is 19.1 Å². The van der Waals surface area contributed by atoms with Crippen molar-refractivity contribution >= 4 is 15.9 Å². The molecule has 1 aromatic heterocycles. The quantitative estimate of drug-likeness (QED) is 0.874. The van der Waals surface area contributed by atoms with Crippen LogP contribution >= 0.6 is 0 Å². The highest BCUT2D eigenvalue weighted by molar-refractivity contribution is 7.89. The molecule has 1 aliphatic carbocycles. The maximum absolute atomic E-state index is 12.6. The number of sulfonamides is 1. The number of amides is 1. The molecule has 1 saturated carbocycles. The number of hydrogen-bond acceptors (Lipinski definition) is 5. The van der Waals surface area contributed by atoms with Gasteiger partial charge in [0.05, 0.1) is 13.2 Å². The summed E-state index contributed by atoms with van der Waals surface area (Å²) in [6.45, 7) is 5.66. The fraction of sp³-hybridized carbons (Fsp3) is 0.706. The third kappa shape index (κ3) is 3.91. The molecule has 0 bridgehead atoms. The van der Waals surface area contributed by atoms with Crippen LogP contribution in [0.4, 0.5) is 0 Å². The number of morpholine rings is 1. The molecule has 0 radical (unpaired) electrons. The number of ether oxygens (including phenoxy) is 1. The predicted octanol–water partition coefficient (Wildman–Crippen LogP) is 1.85. The van der Waals surface area contributed by atoms with Crippen LogP contribution in [0.15, 0.2) is 21.6 Å². The molecule has 3 atom stereocenters. The Labute approximate surface area is 148 Å². The van der Waals surface area contributed by atoms with E-state index in [-0.39, 0.29) is 22.8 Å². The molecule has 3 rings (SSSR count). The topological polar surface area (TPSA) is 88.9 Å². The largest absolute Gasteiger partial charge is 0.438 e. The standard InChI is InChI=1S/C17H26N2O5S/c1-12-4-3-5-14(13(12)2)18-17(20)15-6-7-16(24-15)25(21,22)19-8-10-23-11-9-19/h6-7,12-14H,3-5,8-11H2,1-2H3,(H,18,20). The summed E-state index contributed by atoms with van der Waals surface area (Å²) in [5, 5.41) is 2.81. The number of carbonyl (C=O) groups excluding carboxylic acids is 1. The van der Waals surface area contributed by atoms with Crippen LogP contribution in [-0.2, 0) is 14.8 Å². The molecular formula is C17H26N2O5S. The van der Waals surface area contributed by atoms with Crippen LogP contribution in [0.5, 0.6) is 0 Å². The lowest BCUT2D eigenvalue weighted by atomic mass is 9.78. The summed E-state index contributed by atoms with van der Waals surface area (Å²) in [6, 6.07) is 2.88.